The molecule has 0 unspecified atom stereocenters. The van der Waals surface area contributed by atoms with E-state index in [0.717, 1.165) is 0 Å². The third-order valence-corrected chi connectivity index (χ3v) is 2.24. The van der Waals surface area contributed by atoms with E-state index in [1.165, 1.54) is 12.1 Å². The fraction of sp³-hybridized carbons (Fsp3) is 0.143. The highest BCUT2D eigenvalue weighted by Gasteiger charge is 2.06. The fourth-order valence-electron chi connectivity index (χ4n) is 1.34. The van der Waals surface area contributed by atoms with Crippen LogP contribution in [0, 0.1) is 0 Å². The number of nitrogens with two attached hydrogens (primary N) is 2. The number of esters is 1. The summed E-state index contributed by atoms with van der Waals surface area (Å²) in [6.45, 7) is 2.08. The van der Waals surface area contributed by atoms with E-state index in [-0.39, 0.29) is 17.2 Å². The number of nitrogens with zero attached hydrogens (tertiary/aromatic N) is 2. The molecule has 5 N–H and O–H groups in total. The van der Waals surface area contributed by atoms with Gasteiger partial charge in [-0.1, -0.05) is 12.1 Å². The number of ether oxygens (including phenoxy) is 1. The van der Waals surface area contributed by atoms with Crippen molar-refractivity contribution in [3.8, 4) is 0 Å². The van der Waals surface area contributed by atoms with E-state index >= 15 is 0 Å². The zero-order chi connectivity index (χ0) is 16.5. The summed E-state index contributed by atoms with van der Waals surface area (Å²) in [7, 11) is 0. The average molecular weight is 304 g/mol. The molecular formula is C14H16N4O4. The lowest BCUT2D eigenvalue weighted by molar-refractivity contribution is 0.0519. The Morgan fingerprint density at radius 1 is 1.05 bits per heavy atom. The zero-order valence-corrected chi connectivity index (χ0v) is 11.9. The van der Waals surface area contributed by atoms with Crippen LogP contribution in [0.5, 0.6) is 0 Å². The summed E-state index contributed by atoms with van der Waals surface area (Å²) in [5.41, 5.74) is 10.8. The Hall–Kier alpha value is -3.16. The Kier molecular flexibility index (Phi) is 6.30. The Morgan fingerprint density at radius 3 is 1.95 bits per heavy atom. The number of aromatic carboxylic acids is 1. The molecule has 2 rings (SSSR count). The van der Waals surface area contributed by atoms with Crippen molar-refractivity contribution in [3.63, 3.8) is 0 Å². The van der Waals surface area contributed by atoms with Gasteiger partial charge in [0.15, 0.2) is 11.4 Å². The van der Waals surface area contributed by atoms with E-state index in [9.17, 15) is 9.59 Å². The van der Waals surface area contributed by atoms with Crippen molar-refractivity contribution in [3.05, 3.63) is 47.8 Å². The summed E-state index contributed by atoms with van der Waals surface area (Å²) >= 11 is 0. The minimum atomic E-state index is -1.06. The van der Waals surface area contributed by atoms with Gasteiger partial charge in [0.2, 0.25) is 0 Å². The number of nitrogen functional groups attached to an aromatic ring is 2. The first kappa shape index (κ1) is 16.9. The van der Waals surface area contributed by atoms with Crippen molar-refractivity contribution in [2.75, 3.05) is 18.1 Å². The van der Waals surface area contributed by atoms with Gasteiger partial charge in [0.25, 0.3) is 0 Å². The van der Waals surface area contributed by atoms with Crippen molar-refractivity contribution < 1.29 is 19.4 Å². The summed E-state index contributed by atoms with van der Waals surface area (Å²) in [5.74, 6) is -0.961. The number of carbonyl (C=O) groups excluding carboxylic acids is 1. The highest BCUT2D eigenvalue weighted by Crippen LogP contribution is 2.01. The first-order valence-electron chi connectivity index (χ1n) is 6.29. The van der Waals surface area contributed by atoms with Gasteiger partial charge < -0.3 is 21.3 Å². The maximum absolute atomic E-state index is 11.1. The van der Waals surface area contributed by atoms with Gasteiger partial charge in [0.1, 0.15) is 11.6 Å². The lowest BCUT2D eigenvalue weighted by atomic mass is 10.3. The Bertz CT molecular complexity index is 661. The molecular weight excluding hydrogens is 288 g/mol. The monoisotopic (exact) mass is 304 g/mol. The van der Waals surface area contributed by atoms with Crippen molar-refractivity contribution in [1.29, 1.82) is 0 Å². The van der Waals surface area contributed by atoms with E-state index in [1.807, 2.05) is 0 Å². The predicted molar refractivity (Wildman–Crippen MR) is 80.2 cm³/mol. The third kappa shape index (κ3) is 5.45. The molecule has 0 aromatic carbocycles. The Labute approximate surface area is 126 Å². The minimum absolute atomic E-state index is 0.0278. The number of carbonyl (C=O) groups is 2. The second kappa shape index (κ2) is 8.20. The number of hydrogen-bond acceptors (Lipinski definition) is 7. The molecule has 0 aliphatic carbocycles. The number of rotatable bonds is 3. The first-order valence-corrected chi connectivity index (χ1v) is 6.29. The predicted octanol–water partition coefficient (Wildman–Crippen LogP) is 1.20. The molecule has 2 aromatic rings. The van der Waals surface area contributed by atoms with Gasteiger partial charge in [0, 0.05) is 0 Å². The number of carboxylic acids is 1. The maximum atomic E-state index is 11.1. The Morgan fingerprint density at radius 2 is 1.55 bits per heavy atom. The summed E-state index contributed by atoms with van der Waals surface area (Å²) in [5, 5.41) is 8.39. The molecule has 116 valence electrons. The van der Waals surface area contributed by atoms with Crippen molar-refractivity contribution in [1.82, 2.24) is 9.97 Å². The average Bonchev–Trinajstić information content (AvgIpc) is 2.48. The standard InChI is InChI=1S/C8H10N2O2.C6H6N2O2/c1-2-12-8(11)6-4-3-5-7(9)10-6;7-5-3-1-2-4(8-5)6(9)10/h3-5H,2H2,1H3,(H2,9,10);1-3H,(H2,7,8)(H,9,10). The normalized spacial score (nSPS) is 9.32. The van der Waals surface area contributed by atoms with Crippen LogP contribution in [0.3, 0.4) is 0 Å². The maximum Gasteiger partial charge on any atom is 0.356 e. The van der Waals surface area contributed by atoms with E-state index < -0.39 is 11.9 Å². The molecule has 8 nitrogen and oxygen atoms in total. The molecule has 0 atom stereocenters. The lowest BCUT2D eigenvalue weighted by Crippen LogP contribution is -2.07. The summed E-state index contributed by atoms with van der Waals surface area (Å²) in [6.07, 6.45) is 0. The molecule has 8 heteroatoms. The number of aromatic nitrogens is 2. The van der Waals surface area contributed by atoms with Crippen molar-refractivity contribution >= 4 is 23.6 Å². The molecule has 0 fully saturated rings. The van der Waals surface area contributed by atoms with Crippen LogP contribution in [-0.4, -0.2) is 33.6 Å². The lowest BCUT2D eigenvalue weighted by Gasteiger charge is -2.00. The van der Waals surface area contributed by atoms with Crippen LogP contribution in [0.15, 0.2) is 36.4 Å². The summed E-state index contributed by atoms with van der Waals surface area (Å²) in [4.78, 5) is 28.6. The van der Waals surface area contributed by atoms with Crippen LogP contribution >= 0.6 is 0 Å². The fourth-order valence-corrected chi connectivity index (χ4v) is 1.34. The Balaban J connectivity index is 0.000000224. The van der Waals surface area contributed by atoms with Gasteiger partial charge in [-0.05, 0) is 31.2 Å². The molecule has 0 bridgehead atoms. The van der Waals surface area contributed by atoms with Crippen LogP contribution < -0.4 is 11.5 Å². The highest BCUT2D eigenvalue weighted by molar-refractivity contribution is 5.87. The molecule has 0 radical (unpaired) electrons. The molecule has 2 heterocycles. The summed E-state index contributed by atoms with van der Waals surface area (Å²) < 4.78 is 4.73. The van der Waals surface area contributed by atoms with Gasteiger partial charge >= 0.3 is 11.9 Å². The molecule has 0 spiro atoms. The van der Waals surface area contributed by atoms with E-state index in [4.69, 9.17) is 21.3 Å². The van der Waals surface area contributed by atoms with Crippen molar-refractivity contribution in [2.45, 2.75) is 6.92 Å². The van der Waals surface area contributed by atoms with Gasteiger partial charge in [-0.25, -0.2) is 19.6 Å². The first-order chi connectivity index (χ1) is 10.4. The van der Waals surface area contributed by atoms with Crippen LogP contribution in [0.25, 0.3) is 0 Å². The van der Waals surface area contributed by atoms with Crippen LogP contribution in [-0.2, 0) is 4.74 Å². The largest absolute Gasteiger partial charge is 0.477 e. The van der Waals surface area contributed by atoms with Crippen LogP contribution in [0.2, 0.25) is 0 Å². The van der Waals surface area contributed by atoms with Gasteiger partial charge in [0.05, 0.1) is 6.61 Å². The van der Waals surface area contributed by atoms with Gasteiger partial charge in [-0.3, -0.25) is 0 Å². The molecule has 0 aliphatic rings. The molecule has 0 aliphatic heterocycles. The van der Waals surface area contributed by atoms with Gasteiger partial charge in [-0.15, -0.1) is 0 Å². The third-order valence-electron chi connectivity index (χ3n) is 2.24. The van der Waals surface area contributed by atoms with E-state index in [2.05, 4.69) is 9.97 Å². The quantitative estimate of drug-likeness (QED) is 0.718. The van der Waals surface area contributed by atoms with Crippen molar-refractivity contribution in [2.24, 2.45) is 0 Å². The smallest absolute Gasteiger partial charge is 0.356 e. The number of carboxylic acid groups (broad SMARTS) is 1. The number of pyridine rings is 2. The molecule has 2 aromatic heterocycles. The summed E-state index contributed by atoms with van der Waals surface area (Å²) in [6, 6.07) is 9.31. The minimum Gasteiger partial charge on any atom is -0.477 e. The second-order valence-corrected chi connectivity index (χ2v) is 3.92. The van der Waals surface area contributed by atoms with E-state index in [0.29, 0.717) is 12.4 Å². The van der Waals surface area contributed by atoms with Crippen LogP contribution in [0.1, 0.15) is 27.9 Å². The number of hydrogen-bond donors (Lipinski definition) is 3. The topological polar surface area (TPSA) is 141 Å². The van der Waals surface area contributed by atoms with Gasteiger partial charge in [-0.2, -0.15) is 0 Å². The SMILES string of the molecule is CCOC(=O)c1cccc(N)n1.Nc1cccc(C(=O)O)n1. The molecule has 22 heavy (non-hydrogen) atoms. The number of anilines is 2. The highest BCUT2D eigenvalue weighted by atomic mass is 16.5. The molecule has 0 saturated carbocycles. The zero-order valence-electron chi connectivity index (χ0n) is 11.9. The second-order valence-electron chi connectivity index (χ2n) is 3.92. The molecule has 0 amide bonds. The van der Waals surface area contributed by atoms with E-state index in [1.54, 1.807) is 31.2 Å². The van der Waals surface area contributed by atoms with Crippen LogP contribution in [0.4, 0.5) is 11.6 Å². The molecule has 0 saturated heterocycles.